The molecule has 2 amide bonds. The van der Waals surface area contributed by atoms with Crippen LogP contribution in [0.3, 0.4) is 0 Å². The molecule has 1 heterocycles. The van der Waals surface area contributed by atoms with Gasteiger partial charge in [-0.05, 0) is 18.3 Å². The fourth-order valence-electron chi connectivity index (χ4n) is 3.98. The number of nitro benzene ring substituents is 1. The number of anilines is 1. The van der Waals surface area contributed by atoms with Crippen molar-refractivity contribution >= 4 is 34.8 Å². The van der Waals surface area contributed by atoms with E-state index in [0.29, 0.717) is 0 Å². The summed E-state index contributed by atoms with van der Waals surface area (Å²) in [5.41, 5.74) is -0.753. The summed E-state index contributed by atoms with van der Waals surface area (Å²) in [6.07, 6.45) is 4.62. The number of carbonyl (C=O) groups excluding carboxylic acids is 2. The molecule has 0 aromatic heterocycles. The van der Waals surface area contributed by atoms with E-state index in [2.05, 4.69) is 0 Å². The number of carbonyl (C=O) groups is 2. The van der Waals surface area contributed by atoms with Crippen LogP contribution in [0.1, 0.15) is 6.42 Å². The first-order valence-corrected chi connectivity index (χ1v) is 7.49. The number of rotatable bonds is 2. The van der Waals surface area contributed by atoms with Gasteiger partial charge in [0.1, 0.15) is 0 Å². The standard InChI is InChI=1S/C15H11ClN2O5/c16-9-4-8(18(22)23)5-10(13(9)19)17-14(20)11-6-1-2-7(3-6)12(11)15(17)21/h1-2,4-7,11-12,19H,3H2/p-1/t6-,7-,11-,12-/m0/s1. The monoisotopic (exact) mass is 333 g/mol. The highest BCUT2D eigenvalue weighted by atomic mass is 35.5. The number of fused-ring (bicyclic) bond motifs is 5. The second-order valence-electron chi connectivity index (χ2n) is 6.04. The van der Waals surface area contributed by atoms with Gasteiger partial charge in [-0.1, -0.05) is 29.5 Å². The number of hydrogen-bond donors (Lipinski definition) is 0. The van der Waals surface area contributed by atoms with Gasteiger partial charge in [-0.3, -0.25) is 24.6 Å². The van der Waals surface area contributed by atoms with Gasteiger partial charge < -0.3 is 5.11 Å². The Morgan fingerprint density at radius 2 is 1.70 bits per heavy atom. The van der Waals surface area contributed by atoms with Crippen molar-refractivity contribution in [1.29, 1.82) is 0 Å². The van der Waals surface area contributed by atoms with E-state index in [-0.39, 0.29) is 22.5 Å². The molecule has 2 bridgehead atoms. The highest BCUT2D eigenvalue weighted by Crippen LogP contribution is 2.54. The Morgan fingerprint density at radius 1 is 1.13 bits per heavy atom. The molecule has 0 radical (unpaired) electrons. The average molecular weight is 334 g/mol. The van der Waals surface area contributed by atoms with Gasteiger partial charge in [0.15, 0.2) is 0 Å². The third-order valence-corrected chi connectivity index (χ3v) is 5.21. The third kappa shape index (κ3) is 1.77. The Bertz CT molecular complexity index is 775. The first-order chi connectivity index (χ1) is 10.9. The van der Waals surface area contributed by atoms with Crippen molar-refractivity contribution in [2.45, 2.75) is 6.42 Å². The molecule has 1 saturated heterocycles. The maximum Gasteiger partial charge on any atom is 0.272 e. The highest BCUT2D eigenvalue weighted by molar-refractivity contribution is 6.33. The zero-order valence-electron chi connectivity index (χ0n) is 11.6. The quantitative estimate of drug-likeness (QED) is 0.354. The van der Waals surface area contributed by atoms with Gasteiger partial charge in [0, 0.05) is 17.2 Å². The molecule has 8 heteroatoms. The molecule has 4 atom stereocenters. The zero-order valence-corrected chi connectivity index (χ0v) is 12.4. The number of non-ortho nitro benzene ring substituents is 1. The second-order valence-corrected chi connectivity index (χ2v) is 6.45. The zero-order chi connectivity index (χ0) is 16.5. The number of nitro groups is 1. The molecule has 0 spiro atoms. The number of allylic oxidation sites excluding steroid dienone is 2. The number of hydrogen-bond acceptors (Lipinski definition) is 5. The summed E-state index contributed by atoms with van der Waals surface area (Å²) in [6, 6.07) is 1.87. The fourth-order valence-corrected chi connectivity index (χ4v) is 4.18. The van der Waals surface area contributed by atoms with E-state index in [9.17, 15) is 24.8 Å². The third-order valence-electron chi connectivity index (χ3n) is 4.93. The molecule has 2 aliphatic carbocycles. The van der Waals surface area contributed by atoms with Crippen LogP contribution in [0, 0.1) is 33.8 Å². The van der Waals surface area contributed by atoms with Crippen LogP contribution in [-0.2, 0) is 9.59 Å². The van der Waals surface area contributed by atoms with Crippen LogP contribution in [0.2, 0.25) is 5.02 Å². The van der Waals surface area contributed by atoms with Gasteiger partial charge in [0.25, 0.3) is 5.69 Å². The number of nitrogens with zero attached hydrogens (tertiary/aromatic N) is 2. The van der Waals surface area contributed by atoms with Crippen molar-refractivity contribution in [3.05, 3.63) is 39.4 Å². The summed E-state index contributed by atoms with van der Waals surface area (Å²) < 4.78 is 0. The number of halogens is 1. The molecular weight excluding hydrogens is 324 g/mol. The minimum atomic E-state index is -0.751. The summed E-state index contributed by atoms with van der Waals surface area (Å²) in [7, 11) is 0. The van der Waals surface area contributed by atoms with Crippen LogP contribution >= 0.6 is 11.6 Å². The largest absolute Gasteiger partial charge is 0.870 e. The molecule has 1 aliphatic heterocycles. The van der Waals surface area contributed by atoms with Gasteiger partial charge in [-0.25, -0.2) is 0 Å². The SMILES string of the molecule is O=C1[C@@H]2[C@@H](C(=O)N1c1cc([N+](=O)[O-])cc(Cl)c1[O-])[C@H]1C=C[C@H]2C1. The molecule has 1 aromatic carbocycles. The van der Waals surface area contributed by atoms with Gasteiger partial charge in [0.05, 0.1) is 22.4 Å². The molecule has 4 rings (SSSR count). The van der Waals surface area contributed by atoms with Crippen molar-refractivity contribution in [1.82, 2.24) is 0 Å². The Kier molecular flexibility index (Phi) is 2.81. The lowest BCUT2D eigenvalue weighted by Gasteiger charge is -2.23. The molecule has 3 aliphatic rings. The van der Waals surface area contributed by atoms with Crippen LogP contribution in [0.5, 0.6) is 5.75 Å². The van der Waals surface area contributed by atoms with E-state index in [1.54, 1.807) is 0 Å². The molecule has 118 valence electrons. The Hall–Kier alpha value is -2.41. The molecule has 23 heavy (non-hydrogen) atoms. The Morgan fingerprint density at radius 3 is 2.22 bits per heavy atom. The van der Waals surface area contributed by atoms with Gasteiger partial charge in [0.2, 0.25) is 11.8 Å². The van der Waals surface area contributed by atoms with E-state index >= 15 is 0 Å². The summed E-state index contributed by atoms with van der Waals surface area (Å²) in [6.45, 7) is 0. The summed E-state index contributed by atoms with van der Waals surface area (Å²) in [5.74, 6) is -2.65. The second kappa shape index (κ2) is 4.55. The maximum atomic E-state index is 12.7. The molecule has 1 saturated carbocycles. The number of imide groups is 1. The lowest BCUT2D eigenvalue weighted by atomic mass is 9.85. The van der Waals surface area contributed by atoms with E-state index in [1.165, 1.54) is 0 Å². The van der Waals surface area contributed by atoms with Crippen molar-refractivity contribution in [2.24, 2.45) is 23.7 Å². The first-order valence-electron chi connectivity index (χ1n) is 7.11. The van der Waals surface area contributed by atoms with E-state index in [1.807, 2.05) is 12.2 Å². The fraction of sp³-hybridized carbons (Fsp3) is 0.333. The van der Waals surface area contributed by atoms with Crippen LogP contribution in [0.4, 0.5) is 11.4 Å². The van der Waals surface area contributed by atoms with Crippen LogP contribution in [0.15, 0.2) is 24.3 Å². The van der Waals surface area contributed by atoms with Gasteiger partial charge >= 0.3 is 0 Å². The van der Waals surface area contributed by atoms with Crippen LogP contribution in [-0.4, -0.2) is 16.7 Å². The summed E-state index contributed by atoms with van der Waals surface area (Å²) in [4.78, 5) is 36.3. The Labute approximate surface area is 135 Å². The average Bonchev–Trinajstić information content (AvgIpc) is 3.17. The van der Waals surface area contributed by atoms with E-state index in [4.69, 9.17) is 11.6 Å². The summed E-state index contributed by atoms with van der Waals surface area (Å²) >= 11 is 5.75. The van der Waals surface area contributed by atoms with Gasteiger partial charge in [-0.2, -0.15) is 0 Å². The highest BCUT2D eigenvalue weighted by Gasteiger charge is 2.59. The minimum Gasteiger partial charge on any atom is -0.870 e. The minimum absolute atomic E-state index is 0.00396. The van der Waals surface area contributed by atoms with E-state index < -0.39 is 40.0 Å². The van der Waals surface area contributed by atoms with Crippen molar-refractivity contribution in [2.75, 3.05) is 4.90 Å². The van der Waals surface area contributed by atoms with Crippen molar-refractivity contribution in [3.8, 4) is 5.75 Å². The normalized spacial score (nSPS) is 31.1. The number of amides is 2. The molecule has 0 N–H and O–H groups in total. The molecule has 7 nitrogen and oxygen atoms in total. The van der Waals surface area contributed by atoms with Crippen molar-refractivity contribution < 1.29 is 19.6 Å². The Balaban J connectivity index is 1.82. The predicted octanol–water partition coefficient (Wildman–Crippen LogP) is 1.63. The summed E-state index contributed by atoms with van der Waals surface area (Å²) in [5, 5.41) is 22.8. The molecule has 0 unspecified atom stereocenters. The van der Waals surface area contributed by atoms with Crippen LogP contribution < -0.4 is 10.0 Å². The smallest absolute Gasteiger partial charge is 0.272 e. The van der Waals surface area contributed by atoms with Crippen molar-refractivity contribution in [3.63, 3.8) is 0 Å². The lowest BCUT2D eigenvalue weighted by molar-refractivity contribution is -0.385. The molecular formula is C15H10ClN2O5-. The topological polar surface area (TPSA) is 104 Å². The maximum absolute atomic E-state index is 12.7. The van der Waals surface area contributed by atoms with Gasteiger partial charge in [-0.15, -0.1) is 0 Å². The lowest BCUT2D eigenvalue weighted by Crippen LogP contribution is -2.33. The van der Waals surface area contributed by atoms with E-state index in [0.717, 1.165) is 23.5 Å². The molecule has 1 aromatic rings. The van der Waals surface area contributed by atoms with Crippen LogP contribution in [0.25, 0.3) is 0 Å². The first kappa shape index (κ1) is 14.2. The molecule has 2 fully saturated rings. The number of benzene rings is 1. The predicted molar refractivity (Wildman–Crippen MR) is 77.8 cm³/mol.